The van der Waals surface area contributed by atoms with Crippen LogP contribution in [0.25, 0.3) is 0 Å². The van der Waals surface area contributed by atoms with E-state index in [1.807, 2.05) is 31.4 Å². The predicted molar refractivity (Wildman–Crippen MR) is 97.0 cm³/mol. The first kappa shape index (κ1) is 17.7. The Hall–Kier alpha value is -1.70. The molecular weight excluding hydrogens is 330 g/mol. The smallest absolute Gasteiger partial charge is 0.322 e. The lowest BCUT2D eigenvalue weighted by Gasteiger charge is -2.09. The zero-order chi connectivity index (χ0) is 16.8. The van der Waals surface area contributed by atoms with E-state index in [0.29, 0.717) is 18.0 Å². The van der Waals surface area contributed by atoms with E-state index in [1.165, 1.54) is 21.8 Å². The van der Waals surface area contributed by atoms with E-state index >= 15 is 0 Å². The summed E-state index contributed by atoms with van der Waals surface area (Å²) in [6.45, 7) is 6.34. The fourth-order valence-corrected chi connectivity index (χ4v) is 4.07. The van der Waals surface area contributed by atoms with Crippen molar-refractivity contribution in [3.63, 3.8) is 0 Å². The van der Waals surface area contributed by atoms with Gasteiger partial charge in [-0.05, 0) is 49.5 Å². The molecule has 2 aromatic rings. The van der Waals surface area contributed by atoms with Gasteiger partial charge in [-0.3, -0.25) is 9.69 Å². The van der Waals surface area contributed by atoms with Crippen molar-refractivity contribution in [2.75, 3.05) is 25.0 Å². The molecule has 2 N–H and O–H groups in total. The molecule has 1 fully saturated rings. The van der Waals surface area contributed by atoms with Crippen molar-refractivity contribution in [2.45, 2.75) is 20.4 Å². The average Bonchev–Trinajstić information content (AvgIpc) is 3.21. The van der Waals surface area contributed by atoms with Crippen LogP contribution in [-0.4, -0.2) is 32.5 Å². The molecule has 1 aliphatic rings. The number of thiophene rings is 2. The predicted octanol–water partition coefficient (Wildman–Crippen LogP) is 3.17. The molecule has 1 saturated heterocycles. The van der Waals surface area contributed by atoms with Gasteiger partial charge in [-0.15, -0.1) is 22.7 Å². The van der Waals surface area contributed by atoms with Crippen molar-refractivity contribution in [1.82, 2.24) is 10.6 Å². The van der Waals surface area contributed by atoms with Crippen molar-refractivity contribution in [3.8, 4) is 0 Å². The van der Waals surface area contributed by atoms with Gasteiger partial charge in [0.25, 0.3) is 0 Å². The monoisotopic (exact) mass is 351 g/mol. The molecule has 0 radical (unpaired) electrons. The van der Waals surface area contributed by atoms with Crippen LogP contribution < -0.4 is 15.5 Å². The van der Waals surface area contributed by atoms with Gasteiger partial charge >= 0.3 is 6.03 Å². The van der Waals surface area contributed by atoms with Crippen molar-refractivity contribution < 1.29 is 9.59 Å². The van der Waals surface area contributed by atoms with E-state index in [9.17, 15) is 9.59 Å². The van der Waals surface area contributed by atoms with Crippen LogP contribution in [0.5, 0.6) is 0 Å². The number of urea groups is 1. The topological polar surface area (TPSA) is 61.4 Å². The molecule has 0 bridgehead atoms. The molecule has 0 saturated carbocycles. The normalized spacial score (nSPS) is 13.5. The van der Waals surface area contributed by atoms with Crippen LogP contribution in [0.3, 0.4) is 0 Å². The second-order valence-electron chi connectivity index (χ2n) is 5.25. The molecule has 0 unspecified atom stereocenters. The van der Waals surface area contributed by atoms with Crippen molar-refractivity contribution in [2.24, 2.45) is 0 Å². The fraction of sp³-hybridized carbons (Fsp3) is 0.375. The molecule has 5 nitrogen and oxygen atoms in total. The Bertz CT molecular complexity index is 679. The van der Waals surface area contributed by atoms with Gasteiger partial charge in [-0.1, -0.05) is 0 Å². The van der Waals surface area contributed by atoms with Crippen molar-refractivity contribution in [1.29, 1.82) is 0 Å². The number of aryl methyl sites for hydroxylation is 2. The summed E-state index contributed by atoms with van der Waals surface area (Å²) in [4.78, 5) is 25.7. The van der Waals surface area contributed by atoms with Gasteiger partial charge in [0.05, 0.1) is 9.88 Å². The summed E-state index contributed by atoms with van der Waals surface area (Å²) < 4.78 is 0. The molecule has 0 aromatic carbocycles. The van der Waals surface area contributed by atoms with Crippen molar-refractivity contribution >= 4 is 40.0 Å². The summed E-state index contributed by atoms with van der Waals surface area (Å²) >= 11 is 3.17. The van der Waals surface area contributed by atoms with E-state index < -0.39 is 0 Å². The molecular formula is C16H21N3O2S2. The zero-order valence-electron chi connectivity index (χ0n) is 13.5. The highest BCUT2D eigenvalue weighted by Crippen LogP contribution is 2.29. The van der Waals surface area contributed by atoms with E-state index in [-0.39, 0.29) is 6.03 Å². The Kier molecular flexibility index (Phi) is 6.32. The molecule has 3 heterocycles. The van der Waals surface area contributed by atoms with E-state index in [4.69, 9.17) is 0 Å². The maximum atomic E-state index is 11.3. The second-order valence-corrected chi connectivity index (χ2v) is 7.31. The lowest BCUT2D eigenvalue weighted by atomic mass is 10.3. The Morgan fingerprint density at radius 2 is 2.17 bits per heavy atom. The first-order valence-electron chi connectivity index (χ1n) is 7.34. The van der Waals surface area contributed by atoms with E-state index in [2.05, 4.69) is 29.0 Å². The standard InChI is InChI=1S/C9H10N2O2S.C7H11NS/c1-6-4-8(14-7(6)5-12)11-3-2-10-9(11)13;1-6-3-7(4-8-2)9-5-6/h4-5H,2-3H2,1H3,(H,10,13);3,5,8H,4H2,1-2H3. The fourth-order valence-electron chi connectivity index (χ4n) is 2.17. The van der Waals surface area contributed by atoms with Crippen LogP contribution in [0.4, 0.5) is 9.80 Å². The molecule has 2 aromatic heterocycles. The first-order chi connectivity index (χ1) is 11.0. The molecule has 0 atom stereocenters. The highest BCUT2D eigenvalue weighted by molar-refractivity contribution is 7.18. The number of rotatable bonds is 4. The zero-order valence-corrected chi connectivity index (χ0v) is 15.1. The highest BCUT2D eigenvalue weighted by atomic mass is 32.1. The second kappa shape index (κ2) is 8.24. The molecule has 0 aliphatic carbocycles. The molecule has 7 heteroatoms. The highest BCUT2D eigenvalue weighted by Gasteiger charge is 2.23. The van der Waals surface area contributed by atoms with Gasteiger partial charge in [0.15, 0.2) is 6.29 Å². The van der Waals surface area contributed by atoms with Crippen LogP contribution in [-0.2, 0) is 6.54 Å². The van der Waals surface area contributed by atoms with Crippen LogP contribution in [0, 0.1) is 13.8 Å². The minimum absolute atomic E-state index is 0.0799. The van der Waals surface area contributed by atoms with Gasteiger partial charge in [0.2, 0.25) is 0 Å². The summed E-state index contributed by atoms with van der Waals surface area (Å²) in [5, 5.41) is 8.85. The molecule has 3 rings (SSSR count). The first-order valence-corrected chi connectivity index (χ1v) is 9.04. The molecule has 2 amide bonds. The summed E-state index contributed by atoms with van der Waals surface area (Å²) in [5.74, 6) is 0. The van der Waals surface area contributed by atoms with Gasteiger partial charge in [0.1, 0.15) is 0 Å². The number of hydrogen-bond donors (Lipinski definition) is 2. The molecule has 1 aliphatic heterocycles. The van der Waals surface area contributed by atoms with Crippen LogP contribution in [0.1, 0.15) is 25.7 Å². The summed E-state index contributed by atoms with van der Waals surface area (Å²) in [6.07, 6.45) is 0.831. The van der Waals surface area contributed by atoms with E-state index in [1.54, 1.807) is 4.90 Å². The Labute approximate surface area is 144 Å². The maximum Gasteiger partial charge on any atom is 0.322 e. The minimum atomic E-state index is -0.0799. The van der Waals surface area contributed by atoms with Crippen LogP contribution >= 0.6 is 22.7 Å². The number of amides is 2. The molecule has 0 spiro atoms. The maximum absolute atomic E-state index is 11.3. The minimum Gasteiger partial charge on any atom is -0.336 e. The van der Waals surface area contributed by atoms with Crippen LogP contribution in [0.2, 0.25) is 0 Å². The Morgan fingerprint density at radius 3 is 2.65 bits per heavy atom. The number of nitrogens with zero attached hydrogens (tertiary/aromatic N) is 1. The summed E-state index contributed by atoms with van der Waals surface area (Å²) in [5.41, 5.74) is 2.30. The number of aldehydes is 1. The van der Waals surface area contributed by atoms with Gasteiger partial charge < -0.3 is 10.6 Å². The molecule has 124 valence electrons. The summed E-state index contributed by atoms with van der Waals surface area (Å²) in [7, 11) is 1.97. The Balaban J connectivity index is 0.000000185. The quantitative estimate of drug-likeness (QED) is 0.832. The van der Waals surface area contributed by atoms with Crippen molar-refractivity contribution in [3.05, 3.63) is 38.4 Å². The summed E-state index contributed by atoms with van der Waals surface area (Å²) in [6, 6.07) is 4.00. The SMILES string of the molecule is CNCc1cc(C)cs1.Cc1cc(N2CCNC2=O)sc1C=O. The average molecular weight is 351 g/mol. The molecule has 23 heavy (non-hydrogen) atoms. The van der Waals surface area contributed by atoms with Gasteiger partial charge in [-0.2, -0.15) is 0 Å². The largest absolute Gasteiger partial charge is 0.336 e. The third kappa shape index (κ3) is 4.63. The number of carbonyl (C=O) groups excluding carboxylic acids is 2. The number of nitrogens with one attached hydrogen (secondary N) is 2. The van der Waals surface area contributed by atoms with Gasteiger partial charge in [0, 0.05) is 24.5 Å². The number of anilines is 1. The number of hydrogen-bond acceptors (Lipinski definition) is 5. The lowest BCUT2D eigenvalue weighted by molar-refractivity contribution is 0.112. The third-order valence-corrected chi connectivity index (χ3v) is 5.55. The van der Waals surface area contributed by atoms with Crippen LogP contribution in [0.15, 0.2) is 17.5 Å². The Morgan fingerprint density at radius 1 is 1.39 bits per heavy atom. The lowest BCUT2D eigenvalue weighted by Crippen LogP contribution is -2.26. The van der Waals surface area contributed by atoms with E-state index in [0.717, 1.165) is 23.4 Å². The third-order valence-electron chi connectivity index (χ3n) is 3.31. The number of carbonyl (C=O) groups is 2. The van der Waals surface area contributed by atoms with Gasteiger partial charge in [-0.25, -0.2) is 4.79 Å².